The lowest BCUT2D eigenvalue weighted by Gasteiger charge is -2.35. The summed E-state index contributed by atoms with van der Waals surface area (Å²) in [5.41, 5.74) is 0. The summed E-state index contributed by atoms with van der Waals surface area (Å²) in [6.07, 6.45) is 2.57. The minimum absolute atomic E-state index is 0.0278. The molecule has 1 fully saturated rings. The SMILES string of the molecule is CCOC(=O)C1CCCCN1C(=O)CN(C)CCOc1ccccc1. The van der Waals surface area contributed by atoms with Crippen LogP contribution >= 0.6 is 0 Å². The minimum Gasteiger partial charge on any atom is -0.492 e. The quantitative estimate of drug-likeness (QED) is 0.672. The minimum atomic E-state index is -0.435. The van der Waals surface area contributed by atoms with Gasteiger partial charge in [-0.25, -0.2) is 4.79 Å². The van der Waals surface area contributed by atoms with E-state index >= 15 is 0 Å². The van der Waals surface area contributed by atoms with Crippen LogP contribution in [0.5, 0.6) is 5.75 Å². The molecule has 2 rings (SSSR count). The second-order valence-electron chi connectivity index (χ2n) is 6.25. The molecule has 0 radical (unpaired) electrons. The molecule has 138 valence electrons. The standard InChI is InChI=1S/C19H28N2O4/c1-3-24-19(23)17-11-7-8-12-21(17)18(22)15-20(2)13-14-25-16-9-5-4-6-10-16/h4-6,9-10,17H,3,7-8,11-15H2,1-2H3. The van der Waals surface area contributed by atoms with Gasteiger partial charge in [0.15, 0.2) is 0 Å². The van der Waals surface area contributed by atoms with Crippen LogP contribution in [0, 0.1) is 0 Å². The van der Waals surface area contributed by atoms with Crippen molar-refractivity contribution in [3.05, 3.63) is 30.3 Å². The van der Waals surface area contributed by atoms with Crippen LogP contribution in [0.4, 0.5) is 0 Å². The van der Waals surface area contributed by atoms with Crippen molar-refractivity contribution in [1.82, 2.24) is 9.80 Å². The molecule has 1 unspecified atom stereocenters. The third-order valence-electron chi connectivity index (χ3n) is 4.27. The zero-order valence-electron chi connectivity index (χ0n) is 15.1. The van der Waals surface area contributed by atoms with Gasteiger partial charge >= 0.3 is 5.97 Å². The van der Waals surface area contributed by atoms with Gasteiger partial charge in [0.1, 0.15) is 18.4 Å². The molecule has 1 aromatic carbocycles. The maximum absolute atomic E-state index is 12.6. The number of nitrogens with zero attached hydrogens (tertiary/aromatic N) is 2. The molecule has 1 heterocycles. The molecule has 1 saturated heterocycles. The number of likely N-dealkylation sites (N-methyl/N-ethyl adjacent to an activating group) is 1. The number of benzene rings is 1. The smallest absolute Gasteiger partial charge is 0.328 e. The first kappa shape index (κ1) is 19.2. The molecule has 1 atom stereocenters. The molecule has 1 aliphatic rings. The highest BCUT2D eigenvalue weighted by Gasteiger charge is 2.33. The Labute approximate surface area is 149 Å². The van der Waals surface area contributed by atoms with Crippen molar-refractivity contribution < 1.29 is 19.1 Å². The van der Waals surface area contributed by atoms with Gasteiger partial charge in [-0.05, 0) is 45.4 Å². The van der Waals surface area contributed by atoms with E-state index in [2.05, 4.69) is 0 Å². The average Bonchev–Trinajstić information content (AvgIpc) is 2.62. The maximum atomic E-state index is 12.6. The van der Waals surface area contributed by atoms with Crippen molar-refractivity contribution in [2.24, 2.45) is 0 Å². The highest BCUT2D eigenvalue weighted by Crippen LogP contribution is 2.18. The summed E-state index contributed by atoms with van der Waals surface area (Å²) < 4.78 is 10.8. The van der Waals surface area contributed by atoms with Crippen molar-refractivity contribution in [3.63, 3.8) is 0 Å². The largest absolute Gasteiger partial charge is 0.492 e. The second-order valence-corrected chi connectivity index (χ2v) is 6.25. The van der Waals surface area contributed by atoms with Gasteiger partial charge in [-0.3, -0.25) is 9.69 Å². The Kier molecular flexibility index (Phi) is 7.73. The molecule has 0 N–H and O–H groups in total. The van der Waals surface area contributed by atoms with Gasteiger partial charge in [-0.1, -0.05) is 18.2 Å². The van der Waals surface area contributed by atoms with Gasteiger partial charge in [0.2, 0.25) is 5.91 Å². The number of ether oxygens (including phenoxy) is 2. The van der Waals surface area contributed by atoms with Crippen LogP contribution in [0.3, 0.4) is 0 Å². The van der Waals surface area contributed by atoms with Crippen molar-refractivity contribution in [1.29, 1.82) is 0 Å². The Hall–Kier alpha value is -2.08. The van der Waals surface area contributed by atoms with Gasteiger partial charge in [0.25, 0.3) is 0 Å². The number of likely N-dealkylation sites (tertiary alicyclic amines) is 1. The van der Waals surface area contributed by atoms with Crippen LogP contribution in [-0.4, -0.2) is 67.6 Å². The van der Waals surface area contributed by atoms with Crippen molar-refractivity contribution in [2.45, 2.75) is 32.2 Å². The predicted molar refractivity (Wildman–Crippen MR) is 95.4 cm³/mol. The zero-order chi connectivity index (χ0) is 18.1. The van der Waals surface area contributed by atoms with E-state index < -0.39 is 6.04 Å². The van der Waals surface area contributed by atoms with Crippen LogP contribution in [0.2, 0.25) is 0 Å². The number of hydrogen-bond acceptors (Lipinski definition) is 5. The second kappa shape index (κ2) is 10.0. The van der Waals surface area contributed by atoms with E-state index in [0.29, 0.717) is 32.7 Å². The first-order valence-corrected chi connectivity index (χ1v) is 8.94. The van der Waals surface area contributed by atoms with E-state index in [0.717, 1.165) is 18.6 Å². The number of esters is 1. The molecule has 6 heteroatoms. The summed E-state index contributed by atoms with van der Waals surface area (Å²) in [5.74, 6) is 0.506. The van der Waals surface area contributed by atoms with Gasteiger partial charge in [0, 0.05) is 13.1 Å². The van der Waals surface area contributed by atoms with E-state index in [9.17, 15) is 9.59 Å². The lowest BCUT2D eigenvalue weighted by atomic mass is 10.0. The van der Waals surface area contributed by atoms with Gasteiger partial charge in [0.05, 0.1) is 13.2 Å². The van der Waals surface area contributed by atoms with E-state index in [1.807, 2.05) is 42.3 Å². The third kappa shape index (κ3) is 6.05. The highest BCUT2D eigenvalue weighted by atomic mass is 16.5. The summed E-state index contributed by atoms with van der Waals surface area (Å²) >= 11 is 0. The Morgan fingerprint density at radius 2 is 2.00 bits per heavy atom. The summed E-state index contributed by atoms with van der Waals surface area (Å²) in [6.45, 7) is 4.17. The number of carbonyl (C=O) groups is 2. The molecule has 0 saturated carbocycles. The molecule has 0 aliphatic carbocycles. The van der Waals surface area contributed by atoms with Crippen LogP contribution in [0.25, 0.3) is 0 Å². The molecular formula is C19H28N2O4. The van der Waals surface area contributed by atoms with Crippen LogP contribution in [0.15, 0.2) is 30.3 Å². The lowest BCUT2D eigenvalue weighted by molar-refractivity contribution is -0.157. The number of amides is 1. The summed E-state index contributed by atoms with van der Waals surface area (Å²) in [7, 11) is 1.88. The van der Waals surface area contributed by atoms with Crippen LogP contribution in [-0.2, 0) is 14.3 Å². The number of para-hydroxylation sites is 1. The molecule has 25 heavy (non-hydrogen) atoms. The van der Waals surface area contributed by atoms with Gasteiger partial charge in [-0.15, -0.1) is 0 Å². The highest BCUT2D eigenvalue weighted by molar-refractivity contribution is 5.85. The van der Waals surface area contributed by atoms with Crippen molar-refractivity contribution in [2.75, 3.05) is 39.9 Å². The number of carbonyl (C=O) groups excluding carboxylic acids is 2. The first-order chi connectivity index (χ1) is 12.1. The molecule has 0 aromatic heterocycles. The Morgan fingerprint density at radius 3 is 2.72 bits per heavy atom. The molecule has 0 bridgehead atoms. The average molecular weight is 348 g/mol. The molecule has 1 aliphatic heterocycles. The fourth-order valence-electron chi connectivity index (χ4n) is 2.95. The molecule has 0 spiro atoms. The van der Waals surface area contributed by atoms with Crippen molar-refractivity contribution in [3.8, 4) is 5.75 Å². The normalized spacial score (nSPS) is 17.4. The monoisotopic (exact) mass is 348 g/mol. The molecular weight excluding hydrogens is 320 g/mol. The van der Waals surface area contributed by atoms with Gasteiger partial charge in [-0.2, -0.15) is 0 Å². The van der Waals surface area contributed by atoms with E-state index in [-0.39, 0.29) is 18.4 Å². The number of rotatable bonds is 8. The fraction of sp³-hybridized carbons (Fsp3) is 0.579. The van der Waals surface area contributed by atoms with E-state index in [4.69, 9.17) is 9.47 Å². The number of hydrogen-bond donors (Lipinski definition) is 0. The summed E-state index contributed by atoms with van der Waals surface area (Å²) in [6, 6.07) is 9.17. The zero-order valence-corrected chi connectivity index (χ0v) is 15.1. The topological polar surface area (TPSA) is 59.1 Å². The molecule has 6 nitrogen and oxygen atoms in total. The molecule has 1 amide bonds. The first-order valence-electron chi connectivity index (χ1n) is 8.94. The summed E-state index contributed by atoms with van der Waals surface area (Å²) in [5, 5.41) is 0. The van der Waals surface area contributed by atoms with Gasteiger partial charge < -0.3 is 14.4 Å². The Bertz CT molecular complexity index is 550. The van der Waals surface area contributed by atoms with Crippen LogP contribution < -0.4 is 4.74 Å². The Balaban J connectivity index is 1.79. The van der Waals surface area contributed by atoms with E-state index in [1.54, 1.807) is 11.8 Å². The molecule has 1 aromatic rings. The Morgan fingerprint density at radius 1 is 1.24 bits per heavy atom. The maximum Gasteiger partial charge on any atom is 0.328 e. The third-order valence-corrected chi connectivity index (χ3v) is 4.27. The number of piperidine rings is 1. The summed E-state index contributed by atoms with van der Waals surface area (Å²) in [4.78, 5) is 28.3. The lowest BCUT2D eigenvalue weighted by Crippen LogP contribution is -2.51. The van der Waals surface area contributed by atoms with E-state index in [1.165, 1.54) is 0 Å². The predicted octanol–water partition coefficient (Wildman–Crippen LogP) is 1.94. The fourth-order valence-corrected chi connectivity index (χ4v) is 2.95. The van der Waals surface area contributed by atoms with Crippen molar-refractivity contribution >= 4 is 11.9 Å². The van der Waals surface area contributed by atoms with Crippen LogP contribution in [0.1, 0.15) is 26.2 Å².